The molecule has 5 rings (SSSR count). The Bertz CT molecular complexity index is 1700. The van der Waals surface area contributed by atoms with Crippen LogP contribution in [0.2, 0.25) is 0 Å². The van der Waals surface area contributed by atoms with Gasteiger partial charge in [0.15, 0.2) is 0 Å². The highest BCUT2D eigenvalue weighted by atomic mass is 14.6. The summed E-state index contributed by atoms with van der Waals surface area (Å²) in [6.07, 6.45) is 8.07. The van der Waals surface area contributed by atoms with Gasteiger partial charge in [-0.05, 0) is 65.6 Å². The molecule has 42 heavy (non-hydrogen) atoms. The molecular formula is C38H36N4. The van der Waals surface area contributed by atoms with E-state index in [1.165, 1.54) is 0 Å². The minimum atomic E-state index is -0.778. The normalized spacial score (nSPS) is 12.0. The maximum Gasteiger partial charge on any atom is 0.0701 e. The highest BCUT2D eigenvalue weighted by Gasteiger charge is 2.40. The SMILES string of the molecule is C=C/C=C(\C=C/C)C(c1ccccc1)(c1ccc(N)c(-c2ccccc2N)c1)c1ccc(N)c(-c2ccccc2N)c1. The van der Waals surface area contributed by atoms with Crippen molar-refractivity contribution in [1.29, 1.82) is 0 Å². The van der Waals surface area contributed by atoms with Crippen LogP contribution in [0, 0.1) is 0 Å². The molecule has 0 spiro atoms. The number of hydrogen-bond donors (Lipinski definition) is 4. The van der Waals surface area contributed by atoms with Crippen molar-refractivity contribution in [3.63, 3.8) is 0 Å². The lowest BCUT2D eigenvalue weighted by atomic mass is 9.63. The summed E-state index contributed by atoms with van der Waals surface area (Å²) in [5.41, 5.74) is 35.6. The zero-order valence-corrected chi connectivity index (χ0v) is 23.8. The average Bonchev–Trinajstić information content (AvgIpc) is 3.00. The van der Waals surface area contributed by atoms with Crippen LogP contribution in [-0.4, -0.2) is 0 Å². The average molecular weight is 549 g/mol. The van der Waals surface area contributed by atoms with Gasteiger partial charge in [0.2, 0.25) is 0 Å². The van der Waals surface area contributed by atoms with Crippen LogP contribution >= 0.6 is 0 Å². The lowest BCUT2D eigenvalue weighted by molar-refractivity contribution is 0.744. The molecule has 0 saturated heterocycles. The molecule has 208 valence electrons. The van der Waals surface area contributed by atoms with E-state index < -0.39 is 5.41 Å². The number of nitrogen functional groups attached to an aromatic ring is 4. The molecule has 0 fully saturated rings. The lowest BCUT2D eigenvalue weighted by Crippen LogP contribution is -2.31. The first-order valence-electron chi connectivity index (χ1n) is 13.9. The van der Waals surface area contributed by atoms with E-state index in [4.69, 9.17) is 22.9 Å². The second-order valence-electron chi connectivity index (χ2n) is 10.3. The largest absolute Gasteiger partial charge is 0.398 e. The van der Waals surface area contributed by atoms with Crippen molar-refractivity contribution >= 4 is 22.7 Å². The van der Waals surface area contributed by atoms with E-state index in [2.05, 4.69) is 67.3 Å². The lowest BCUT2D eigenvalue weighted by Gasteiger charge is -2.38. The molecule has 4 nitrogen and oxygen atoms in total. The molecule has 0 heterocycles. The van der Waals surface area contributed by atoms with Crippen LogP contribution in [0.1, 0.15) is 23.6 Å². The van der Waals surface area contributed by atoms with Gasteiger partial charge in [-0.25, -0.2) is 0 Å². The summed E-state index contributed by atoms with van der Waals surface area (Å²) in [5, 5.41) is 0. The van der Waals surface area contributed by atoms with E-state index in [0.717, 1.165) is 44.5 Å². The maximum atomic E-state index is 6.61. The van der Waals surface area contributed by atoms with E-state index in [-0.39, 0.29) is 0 Å². The third-order valence-electron chi connectivity index (χ3n) is 7.76. The van der Waals surface area contributed by atoms with Gasteiger partial charge in [-0.1, -0.05) is 110 Å². The third kappa shape index (κ3) is 4.95. The smallest absolute Gasteiger partial charge is 0.0701 e. The van der Waals surface area contributed by atoms with Crippen LogP contribution < -0.4 is 22.9 Å². The number of benzene rings is 5. The summed E-state index contributed by atoms with van der Waals surface area (Å²) in [6.45, 7) is 6.09. The van der Waals surface area contributed by atoms with Crippen molar-refractivity contribution in [2.24, 2.45) is 0 Å². The molecule has 0 amide bonds. The van der Waals surface area contributed by atoms with Crippen LogP contribution in [0.4, 0.5) is 22.7 Å². The fourth-order valence-electron chi connectivity index (χ4n) is 5.83. The first-order chi connectivity index (χ1) is 20.4. The molecule has 0 unspecified atom stereocenters. The molecule has 5 aromatic rings. The Morgan fingerprint density at radius 2 is 1.00 bits per heavy atom. The highest BCUT2D eigenvalue weighted by molar-refractivity contribution is 5.87. The maximum absolute atomic E-state index is 6.61. The Morgan fingerprint density at radius 1 is 0.548 bits per heavy atom. The van der Waals surface area contributed by atoms with E-state index in [1.807, 2.05) is 85.8 Å². The number of hydrogen-bond acceptors (Lipinski definition) is 4. The van der Waals surface area contributed by atoms with Crippen molar-refractivity contribution in [1.82, 2.24) is 0 Å². The molecular weight excluding hydrogens is 512 g/mol. The summed E-state index contributed by atoms with van der Waals surface area (Å²) in [6, 6.07) is 38.5. The van der Waals surface area contributed by atoms with Gasteiger partial charge < -0.3 is 22.9 Å². The fourth-order valence-corrected chi connectivity index (χ4v) is 5.83. The standard InChI is InChI=1S/C38H36N4/c1-3-12-26(13-4-2)38(27-14-6-5-7-15-27,28-20-22-36(41)32(24-28)30-16-8-10-18-34(30)39)29-21-23-37(42)33(25-29)31-17-9-11-19-35(31)40/h3-25H,1,39-42H2,2H3/b13-4-,26-12+. The Kier molecular flexibility index (Phi) is 7.98. The van der Waals surface area contributed by atoms with Gasteiger partial charge >= 0.3 is 0 Å². The van der Waals surface area contributed by atoms with Gasteiger partial charge in [0.25, 0.3) is 0 Å². The summed E-state index contributed by atoms with van der Waals surface area (Å²) < 4.78 is 0. The van der Waals surface area contributed by atoms with Crippen molar-refractivity contribution in [3.8, 4) is 22.3 Å². The second kappa shape index (κ2) is 11.9. The summed E-state index contributed by atoms with van der Waals surface area (Å²) in [7, 11) is 0. The van der Waals surface area contributed by atoms with E-state index >= 15 is 0 Å². The number of para-hydroxylation sites is 2. The van der Waals surface area contributed by atoms with Crippen LogP contribution in [0.25, 0.3) is 22.3 Å². The van der Waals surface area contributed by atoms with E-state index in [1.54, 1.807) is 0 Å². The van der Waals surface area contributed by atoms with Gasteiger partial charge in [-0.15, -0.1) is 0 Å². The quantitative estimate of drug-likeness (QED) is 0.0888. The van der Waals surface area contributed by atoms with Crippen molar-refractivity contribution in [3.05, 3.63) is 168 Å². The molecule has 0 atom stereocenters. The molecule has 0 aliphatic rings. The van der Waals surface area contributed by atoms with Crippen LogP contribution in [0.3, 0.4) is 0 Å². The summed E-state index contributed by atoms with van der Waals surface area (Å²) in [5.74, 6) is 0. The van der Waals surface area contributed by atoms with Crippen molar-refractivity contribution in [2.75, 3.05) is 22.9 Å². The van der Waals surface area contributed by atoms with Crippen LogP contribution in [0.5, 0.6) is 0 Å². The molecule has 5 aromatic carbocycles. The monoisotopic (exact) mass is 548 g/mol. The Hall–Kier alpha value is -5.48. The van der Waals surface area contributed by atoms with Gasteiger partial charge in [-0.2, -0.15) is 0 Å². The van der Waals surface area contributed by atoms with E-state index in [9.17, 15) is 0 Å². The van der Waals surface area contributed by atoms with Crippen molar-refractivity contribution < 1.29 is 0 Å². The van der Waals surface area contributed by atoms with Gasteiger partial charge in [0, 0.05) is 45.0 Å². The molecule has 0 aliphatic heterocycles. The molecule has 0 aromatic heterocycles. The van der Waals surface area contributed by atoms with Gasteiger partial charge in [0.05, 0.1) is 5.41 Å². The van der Waals surface area contributed by atoms with Gasteiger partial charge in [-0.3, -0.25) is 0 Å². The van der Waals surface area contributed by atoms with Gasteiger partial charge in [0.1, 0.15) is 0 Å². The molecule has 4 heteroatoms. The fraction of sp³-hybridized carbons (Fsp3) is 0.0526. The number of nitrogens with two attached hydrogens (primary N) is 4. The molecule has 0 bridgehead atoms. The molecule has 0 saturated carbocycles. The number of rotatable bonds is 8. The predicted molar refractivity (Wildman–Crippen MR) is 181 cm³/mol. The topological polar surface area (TPSA) is 104 Å². The zero-order chi connectivity index (χ0) is 29.7. The van der Waals surface area contributed by atoms with Crippen molar-refractivity contribution in [2.45, 2.75) is 12.3 Å². The minimum absolute atomic E-state index is 0.647. The third-order valence-corrected chi connectivity index (χ3v) is 7.76. The Morgan fingerprint density at radius 3 is 1.45 bits per heavy atom. The van der Waals surface area contributed by atoms with Crippen LogP contribution in [0.15, 0.2) is 152 Å². The first kappa shape index (κ1) is 28.1. The molecule has 8 N–H and O–H groups in total. The second-order valence-corrected chi connectivity index (χ2v) is 10.3. The Labute approximate surface area is 248 Å². The zero-order valence-electron chi connectivity index (χ0n) is 23.8. The molecule has 0 aliphatic carbocycles. The highest BCUT2D eigenvalue weighted by Crippen LogP contribution is 2.49. The molecule has 0 radical (unpaired) electrons. The van der Waals surface area contributed by atoms with E-state index in [0.29, 0.717) is 22.7 Å². The Balaban J connectivity index is 1.94. The predicted octanol–water partition coefficient (Wildman–Crippen LogP) is 8.37. The number of anilines is 4. The minimum Gasteiger partial charge on any atom is -0.398 e. The summed E-state index contributed by atoms with van der Waals surface area (Å²) >= 11 is 0. The summed E-state index contributed by atoms with van der Waals surface area (Å²) in [4.78, 5) is 0. The number of allylic oxidation sites excluding steroid dienone is 5. The first-order valence-corrected chi connectivity index (χ1v) is 13.9. The van der Waals surface area contributed by atoms with Crippen LogP contribution in [-0.2, 0) is 5.41 Å².